The Hall–Kier alpha value is -1.40. The smallest absolute Gasteiger partial charge is 0.237 e. The molecular weight excluding hydrogens is 316 g/mol. The van der Waals surface area contributed by atoms with Crippen molar-refractivity contribution >= 4 is 5.91 Å². The third-order valence-electron chi connectivity index (χ3n) is 5.87. The van der Waals surface area contributed by atoms with Gasteiger partial charge in [0.15, 0.2) is 5.76 Å². The first-order valence-electron chi connectivity index (χ1n) is 9.70. The Balaban J connectivity index is 1.60. The molecule has 2 fully saturated rings. The molecule has 1 aromatic rings. The molecule has 0 radical (unpaired) electrons. The first kappa shape index (κ1) is 18.4. The number of amides is 1. The lowest BCUT2D eigenvalue weighted by molar-refractivity contribution is -0.125. The SMILES string of the molecule is CCCN1CC2(CCN(C)CC2)CC1C(=O)NCc1cc(CC)no1. The number of aromatic nitrogens is 1. The maximum atomic E-state index is 12.8. The second-order valence-electron chi connectivity index (χ2n) is 7.85. The number of nitrogens with zero attached hydrogens (tertiary/aromatic N) is 3. The van der Waals surface area contributed by atoms with Gasteiger partial charge in [0.25, 0.3) is 0 Å². The van der Waals surface area contributed by atoms with Crippen molar-refractivity contribution < 1.29 is 9.32 Å². The van der Waals surface area contributed by atoms with Crippen LogP contribution in [-0.2, 0) is 17.8 Å². The van der Waals surface area contributed by atoms with E-state index in [2.05, 4.69) is 34.2 Å². The molecule has 1 atom stereocenters. The molecule has 1 N–H and O–H groups in total. The molecule has 0 saturated carbocycles. The number of carbonyl (C=O) groups excluding carboxylic acids is 1. The summed E-state index contributed by atoms with van der Waals surface area (Å²) < 4.78 is 5.28. The molecule has 0 aromatic carbocycles. The van der Waals surface area contributed by atoms with Gasteiger partial charge in [0.1, 0.15) is 0 Å². The zero-order valence-corrected chi connectivity index (χ0v) is 15.9. The predicted molar refractivity (Wildman–Crippen MR) is 97.2 cm³/mol. The van der Waals surface area contributed by atoms with Gasteiger partial charge in [-0.1, -0.05) is 19.0 Å². The molecule has 3 heterocycles. The molecule has 2 aliphatic rings. The van der Waals surface area contributed by atoms with Gasteiger partial charge >= 0.3 is 0 Å². The first-order chi connectivity index (χ1) is 12.0. The highest BCUT2D eigenvalue weighted by Crippen LogP contribution is 2.43. The molecule has 140 valence electrons. The van der Waals surface area contributed by atoms with E-state index >= 15 is 0 Å². The van der Waals surface area contributed by atoms with Crippen molar-refractivity contribution in [3.63, 3.8) is 0 Å². The maximum Gasteiger partial charge on any atom is 0.237 e. The molecule has 3 rings (SSSR count). The van der Waals surface area contributed by atoms with Gasteiger partial charge in [-0.25, -0.2) is 0 Å². The molecule has 6 nitrogen and oxygen atoms in total. The number of piperidine rings is 1. The van der Waals surface area contributed by atoms with Crippen molar-refractivity contribution in [1.29, 1.82) is 0 Å². The van der Waals surface area contributed by atoms with E-state index in [1.165, 1.54) is 12.8 Å². The maximum absolute atomic E-state index is 12.8. The lowest BCUT2D eigenvalue weighted by Crippen LogP contribution is -2.43. The molecule has 25 heavy (non-hydrogen) atoms. The Kier molecular flexibility index (Phi) is 5.79. The third-order valence-corrected chi connectivity index (χ3v) is 5.87. The number of hydrogen-bond donors (Lipinski definition) is 1. The minimum atomic E-state index is -0.00285. The van der Waals surface area contributed by atoms with Crippen LogP contribution in [0.3, 0.4) is 0 Å². The van der Waals surface area contributed by atoms with Crippen LogP contribution in [0.2, 0.25) is 0 Å². The number of aryl methyl sites for hydroxylation is 1. The Labute approximate surface area is 150 Å². The van der Waals surface area contributed by atoms with Crippen LogP contribution in [0.5, 0.6) is 0 Å². The quantitative estimate of drug-likeness (QED) is 0.852. The highest BCUT2D eigenvalue weighted by molar-refractivity contribution is 5.82. The van der Waals surface area contributed by atoms with Gasteiger partial charge in [-0.2, -0.15) is 0 Å². The predicted octanol–water partition coefficient (Wildman–Crippen LogP) is 2.05. The van der Waals surface area contributed by atoms with Crippen LogP contribution in [0.15, 0.2) is 10.6 Å². The van der Waals surface area contributed by atoms with E-state index in [1.807, 2.05) is 13.0 Å². The summed E-state index contributed by atoms with van der Waals surface area (Å²) in [4.78, 5) is 17.6. The van der Waals surface area contributed by atoms with Crippen molar-refractivity contribution in [2.24, 2.45) is 5.41 Å². The Morgan fingerprint density at radius 1 is 1.40 bits per heavy atom. The van der Waals surface area contributed by atoms with Crippen LogP contribution in [0.4, 0.5) is 0 Å². The van der Waals surface area contributed by atoms with Crippen LogP contribution in [0, 0.1) is 5.41 Å². The van der Waals surface area contributed by atoms with E-state index in [9.17, 15) is 4.79 Å². The van der Waals surface area contributed by atoms with Gasteiger partial charge in [-0.05, 0) is 64.2 Å². The standard InChI is InChI=1S/C19H32N4O2/c1-4-8-23-14-19(6-9-22(3)10-7-19)12-17(23)18(24)20-13-16-11-15(5-2)21-25-16/h11,17H,4-10,12-14H2,1-3H3,(H,20,24). The monoisotopic (exact) mass is 348 g/mol. The fraction of sp³-hybridized carbons (Fsp3) is 0.789. The van der Waals surface area contributed by atoms with E-state index in [0.29, 0.717) is 12.0 Å². The van der Waals surface area contributed by atoms with Crippen LogP contribution in [-0.4, -0.2) is 60.1 Å². The zero-order valence-electron chi connectivity index (χ0n) is 15.9. The second kappa shape index (κ2) is 7.87. The molecule has 1 amide bonds. The van der Waals surface area contributed by atoms with E-state index in [-0.39, 0.29) is 11.9 Å². The Bertz CT molecular complexity index is 578. The molecule has 6 heteroatoms. The lowest BCUT2D eigenvalue weighted by Gasteiger charge is -2.37. The van der Waals surface area contributed by atoms with Crippen molar-refractivity contribution in [2.45, 2.75) is 58.5 Å². The largest absolute Gasteiger partial charge is 0.359 e. The van der Waals surface area contributed by atoms with Gasteiger partial charge in [0, 0.05) is 12.6 Å². The summed E-state index contributed by atoms with van der Waals surface area (Å²) in [6, 6.07) is 1.92. The number of hydrogen-bond acceptors (Lipinski definition) is 5. The van der Waals surface area contributed by atoms with Gasteiger partial charge in [0.2, 0.25) is 5.91 Å². The molecule has 2 saturated heterocycles. The van der Waals surface area contributed by atoms with Gasteiger partial charge in [-0.3, -0.25) is 9.69 Å². The van der Waals surface area contributed by atoms with Crippen LogP contribution >= 0.6 is 0 Å². The average Bonchev–Trinajstić information content (AvgIpc) is 3.21. The van der Waals surface area contributed by atoms with Crippen LogP contribution in [0.25, 0.3) is 0 Å². The normalized spacial score (nSPS) is 24.0. The molecule has 0 bridgehead atoms. The minimum absolute atomic E-state index is 0.00285. The summed E-state index contributed by atoms with van der Waals surface area (Å²) in [6.07, 6.45) is 5.33. The van der Waals surface area contributed by atoms with Crippen LogP contribution < -0.4 is 5.32 Å². The Morgan fingerprint density at radius 3 is 2.80 bits per heavy atom. The fourth-order valence-corrected chi connectivity index (χ4v) is 4.28. The number of nitrogens with one attached hydrogen (secondary N) is 1. The van der Waals surface area contributed by atoms with Gasteiger partial charge in [-0.15, -0.1) is 0 Å². The summed E-state index contributed by atoms with van der Waals surface area (Å²) in [6.45, 7) is 9.02. The van der Waals surface area contributed by atoms with Crippen molar-refractivity contribution in [1.82, 2.24) is 20.3 Å². The van der Waals surface area contributed by atoms with E-state index in [4.69, 9.17) is 4.52 Å². The highest BCUT2D eigenvalue weighted by Gasteiger charge is 2.47. The van der Waals surface area contributed by atoms with Crippen molar-refractivity contribution in [3.8, 4) is 0 Å². The topological polar surface area (TPSA) is 61.6 Å². The first-order valence-corrected chi connectivity index (χ1v) is 9.70. The van der Waals surface area contributed by atoms with E-state index < -0.39 is 0 Å². The van der Waals surface area contributed by atoms with Gasteiger partial charge in [0.05, 0.1) is 18.3 Å². The molecule has 1 spiro atoms. The van der Waals surface area contributed by atoms with Crippen molar-refractivity contribution in [3.05, 3.63) is 17.5 Å². The fourth-order valence-electron chi connectivity index (χ4n) is 4.28. The summed E-state index contributed by atoms with van der Waals surface area (Å²) in [5.41, 5.74) is 1.26. The number of rotatable bonds is 6. The van der Waals surface area contributed by atoms with E-state index in [0.717, 1.165) is 56.9 Å². The van der Waals surface area contributed by atoms with Crippen LogP contribution in [0.1, 0.15) is 51.0 Å². The number of likely N-dealkylation sites (tertiary alicyclic amines) is 2. The van der Waals surface area contributed by atoms with Crippen molar-refractivity contribution in [2.75, 3.05) is 33.2 Å². The number of carbonyl (C=O) groups is 1. The molecular formula is C19H32N4O2. The molecule has 1 aromatic heterocycles. The Morgan fingerprint density at radius 2 is 2.16 bits per heavy atom. The third kappa shape index (κ3) is 4.23. The summed E-state index contributed by atoms with van der Waals surface area (Å²) in [5, 5.41) is 7.06. The second-order valence-corrected chi connectivity index (χ2v) is 7.85. The summed E-state index contributed by atoms with van der Waals surface area (Å²) in [7, 11) is 2.19. The van der Waals surface area contributed by atoms with E-state index in [1.54, 1.807) is 0 Å². The minimum Gasteiger partial charge on any atom is -0.359 e. The zero-order chi connectivity index (χ0) is 17.9. The summed E-state index contributed by atoms with van der Waals surface area (Å²) >= 11 is 0. The molecule has 0 aliphatic carbocycles. The molecule has 2 aliphatic heterocycles. The average molecular weight is 348 g/mol. The molecule has 1 unspecified atom stereocenters. The van der Waals surface area contributed by atoms with Gasteiger partial charge < -0.3 is 14.7 Å². The highest BCUT2D eigenvalue weighted by atomic mass is 16.5. The summed E-state index contributed by atoms with van der Waals surface area (Å²) in [5.74, 6) is 0.873. The lowest BCUT2D eigenvalue weighted by atomic mass is 9.76.